The number of imidazole rings is 1. The van der Waals surface area contributed by atoms with Crippen LogP contribution in [0.2, 0.25) is 0 Å². The summed E-state index contributed by atoms with van der Waals surface area (Å²) in [5.74, 6) is 1.53. The molecule has 1 N–H and O–H groups in total. The molecular weight excluding hydrogens is 324 g/mol. The number of H-pyrrole nitrogens is 1. The largest absolute Gasteiger partial charge is 0.342 e. The molecule has 5 nitrogen and oxygen atoms in total. The van der Waals surface area contributed by atoms with Gasteiger partial charge in [-0.1, -0.05) is 18.2 Å². The van der Waals surface area contributed by atoms with Gasteiger partial charge < -0.3 is 9.88 Å². The Bertz CT molecular complexity index is 903. The zero-order valence-corrected chi connectivity index (χ0v) is 15.1. The van der Waals surface area contributed by atoms with Crippen LogP contribution in [0.25, 0.3) is 11.0 Å². The number of amides is 1. The highest BCUT2D eigenvalue weighted by atomic mass is 16.2. The van der Waals surface area contributed by atoms with Gasteiger partial charge in [-0.15, -0.1) is 0 Å². The summed E-state index contributed by atoms with van der Waals surface area (Å²) in [4.78, 5) is 27.1. The number of pyridine rings is 1. The van der Waals surface area contributed by atoms with E-state index in [2.05, 4.69) is 35.1 Å². The van der Waals surface area contributed by atoms with Gasteiger partial charge in [-0.25, -0.2) is 4.98 Å². The predicted molar refractivity (Wildman–Crippen MR) is 102 cm³/mol. The van der Waals surface area contributed by atoms with Crippen LogP contribution in [0.3, 0.4) is 0 Å². The lowest BCUT2D eigenvalue weighted by Crippen LogP contribution is -2.39. The van der Waals surface area contributed by atoms with Crippen LogP contribution in [0.15, 0.2) is 42.7 Å². The SMILES string of the molecule is Cc1cccc2[nH]c([C@H]3CCCN(C(=O)CCc4cccnc4)C3)nc12. The Morgan fingerprint density at radius 2 is 2.23 bits per heavy atom. The van der Waals surface area contributed by atoms with Gasteiger partial charge in [0, 0.05) is 37.8 Å². The Morgan fingerprint density at radius 1 is 1.31 bits per heavy atom. The van der Waals surface area contributed by atoms with E-state index in [4.69, 9.17) is 4.98 Å². The highest BCUT2D eigenvalue weighted by molar-refractivity contribution is 5.79. The summed E-state index contributed by atoms with van der Waals surface area (Å²) >= 11 is 0. The zero-order chi connectivity index (χ0) is 17.9. The topological polar surface area (TPSA) is 61.9 Å². The normalized spacial score (nSPS) is 17.6. The van der Waals surface area contributed by atoms with Crippen LogP contribution in [-0.4, -0.2) is 38.8 Å². The van der Waals surface area contributed by atoms with Gasteiger partial charge in [0.2, 0.25) is 5.91 Å². The van der Waals surface area contributed by atoms with Gasteiger partial charge in [-0.3, -0.25) is 9.78 Å². The Balaban J connectivity index is 1.43. The van der Waals surface area contributed by atoms with E-state index in [-0.39, 0.29) is 11.8 Å². The summed E-state index contributed by atoms with van der Waals surface area (Å²) in [5.41, 5.74) is 4.43. The minimum atomic E-state index is 0.228. The van der Waals surface area contributed by atoms with Crippen molar-refractivity contribution in [1.29, 1.82) is 0 Å². The quantitative estimate of drug-likeness (QED) is 0.783. The van der Waals surface area contributed by atoms with Crippen molar-refractivity contribution in [3.8, 4) is 0 Å². The van der Waals surface area contributed by atoms with Crippen molar-refractivity contribution in [2.45, 2.75) is 38.5 Å². The Morgan fingerprint density at radius 3 is 3.04 bits per heavy atom. The average Bonchev–Trinajstić information content (AvgIpc) is 3.13. The summed E-state index contributed by atoms with van der Waals surface area (Å²) < 4.78 is 0. The standard InChI is InChI=1S/C21H24N4O/c1-15-5-2-8-18-20(15)24-21(23-18)17-7-4-12-25(14-17)19(26)10-9-16-6-3-11-22-13-16/h2-3,5-6,8,11,13,17H,4,7,9-10,12,14H2,1H3,(H,23,24)/t17-/m0/s1. The Labute approximate surface area is 153 Å². The number of hydrogen-bond acceptors (Lipinski definition) is 3. The van der Waals surface area contributed by atoms with Crippen molar-refractivity contribution in [3.05, 3.63) is 59.7 Å². The number of rotatable bonds is 4. The van der Waals surface area contributed by atoms with Crippen LogP contribution in [0.1, 0.15) is 42.1 Å². The first-order valence-electron chi connectivity index (χ1n) is 9.32. The fourth-order valence-electron chi connectivity index (χ4n) is 3.77. The average molecular weight is 348 g/mol. The van der Waals surface area contributed by atoms with E-state index in [9.17, 15) is 4.79 Å². The Hall–Kier alpha value is -2.69. The van der Waals surface area contributed by atoms with Crippen molar-refractivity contribution in [1.82, 2.24) is 19.9 Å². The van der Waals surface area contributed by atoms with E-state index in [0.29, 0.717) is 6.42 Å². The van der Waals surface area contributed by atoms with Crippen molar-refractivity contribution < 1.29 is 4.79 Å². The molecule has 26 heavy (non-hydrogen) atoms. The van der Waals surface area contributed by atoms with Gasteiger partial charge in [-0.2, -0.15) is 0 Å². The van der Waals surface area contributed by atoms with Gasteiger partial charge in [-0.05, 0) is 49.4 Å². The molecule has 1 aromatic carbocycles. The molecule has 3 heterocycles. The molecule has 134 valence electrons. The number of aromatic amines is 1. The number of aromatic nitrogens is 3. The lowest BCUT2D eigenvalue weighted by molar-refractivity contribution is -0.132. The lowest BCUT2D eigenvalue weighted by atomic mass is 9.97. The van der Waals surface area contributed by atoms with Crippen molar-refractivity contribution in [3.63, 3.8) is 0 Å². The third-order valence-corrected chi connectivity index (χ3v) is 5.24. The first-order chi connectivity index (χ1) is 12.7. The van der Waals surface area contributed by atoms with E-state index < -0.39 is 0 Å². The van der Waals surface area contributed by atoms with Gasteiger partial charge in [0.15, 0.2) is 0 Å². The molecule has 0 aliphatic carbocycles. The number of benzene rings is 1. The van der Waals surface area contributed by atoms with Crippen molar-refractivity contribution >= 4 is 16.9 Å². The maximum Gasteiger partial charge on any atom is 0.222 e. The molecule has 2 aromatic heterocycles. The van der Waals surface area contributed by atoms with E-state index in [0.717, 1.165) is 54.8 Å². The molecule has 0 radical (unpaired) electrons. The number of carbonyl (C=O) groups excluding carboxylic acids is 1. The molecule has 0 unspecified atom stereocenters. The molecule has 0 saturated carbocycles. The third kappa shape index (κ3) is 3.47. The van der Waals surface area contributed by atoms with E-state index >= 15 is 0 Å². The minimum absolute atomic E-state index is 0.228. The molecule has 0 bridgehead atoms. The second kappa shape index (κ2) is 7.28. The van der Waals surface area contributed by atoms with Crippen LogP contribution in [0, 0.1) is 6.92 Å². The van der Waals surface area contributed by atoms with Crippen LogP contribution in [-0.2, 0) is 11.2 Å². The predicted octanol–water partition coefficient (Wildman–Crippen LogP) is 3.61. The summed E-state index contributed by atoms with van der Waals surface area (Å²) in [6.07, 6.45) is 6.98. The number of carbonyl (C=O) groups is 1. The number of likely N-dealkylation sites (tertiary alicyclic amines) is 1. The molecular formula is C21H24N4O. The van der Waals surface area contributed by atoms with E-state index in [1.807, 2.05) is 23.2 Å². The van der Waals surface area contributed by atoms with Crippen LogP contribution < -0.4 is 0 Å². The Kier molecular flexibility index (Phi) is 4.69. The number of nitrogens with zero attached hydrogens (tertiary/aromatic N) is 3. The summed E-state index contributed by atoms with van der Waals surface area (Å²) in [6, 6.07) is 10.1. The second-order valence-corrected chi connectivity index (χ2v) is 7.13. The number of hydrogen-bond donors (Lipinski definition) is 1. The van der Waals surface area contributed by atoms with Crippen molar-refractivity contribution in [2.24, 2.45) is 0 Å². The molecule has 1 amide bonds. The highest BCUT2D eigenvalue weighted by Gasteiger charge is 2.26. The molecule has 4 rings (SSSR count). The number of nitrogens with one attached hydrogen (secondary N) is 1. The number of fused-ring (bicyclic) bond motifs is 1. The van der Waals surface area contributed by atoms with Crippen LogP contribution in [0.4, 0.5) is 0 Å². The summed E-state index contributed by atoms with van der Waals surface area (Å²) in [6.45, 7) is 3.69. The maximum absolute atomic E-state index is 12.6. The first kappa shape index (κ1) is 16.8. The lowest BCUT2D eigenvalue weighted by Gasteiger charge is -2.32. The van der Waals surface area contributed by atoms with Crippen LogP contribution in [0.5, 0.6) is 0 Å². The van der Waals surface area contributed by atoms with Gasteiger partial charge in [0.05, 0.1) is 11.0 Å². The van der Waals surface area contributed by atoms with Gasteiger partial charge >= 0.3 is 0 Å². The molecule has 5 heteroatoms. The highest BCUT2D eigenvalue weighted by Crippen LogP contribution is 2.28. The molecule has 1 aliphatic heterocycles. The van der Waals surface area contributed by atoms with E-state index in [1.54, 1.807) is 6.20 Å². The molecule has 1 atom stereocenters. The molecule has 1 fully saturated rings. The summed E-state index contributed by atoms with van der Waals surface area (Å²) in [7, 11) is 0. The second-order valence-electron chi connectivity index (χ2n) is 7.13. The first-order valence-corrected chi connectivity index (χ1v) is 9.32. The number of aryl methyl sites for hydroxylation is 2. The fraction of sp³-hybridized carbons (Fsp3) is 0.381. The number of piperidine rings is 1. The molecule has 1 saturated heterocycles. The minimum Gasteiger partial charge on any atom is -0.342 e. The smallest absolute Gasteiger partial charge is 0.222 e. The van der Waals surface area contributed by atoms with Gasteiger partial charge in [0.1, 0.15) is 5.82 Å². The number of para-hydroxylation sites is 1. The summed E-state index contributed by atoms with van der Waals surface area (Å²) in [5, 5.41) is 0. The monoisotopic (exact) mass is 348 g/mol. The van der Waals surface area contributed by atoms with Crippen molar-refractivity contribution in [2.75, 3.05) is 13.1 Å². The molecule has 0 spiro atoms. The fourth-order valence-corrected chi connectivity index (χ4v) is 3.77. The maximum atomic E-state index is 12.6. The zero-order valence-electron chi connectivity index (χ0n) is 15.1. The molecule has 1 aliphatic rings. The van der Waals surface area contributed by atoms with E-state index in [1.165, 1.54) is 5.56 Å². The third-order valence-electron chi connectivity index (χ3n) is 5.24. The molecule has 3 aromatic rings. The van der Waals surface area contributed by atoms with Crippen LogP contribution >= 0.6 is 0 Å². The van der Waals surface area contributed by atoms with Gasteiger partial charge in [0.25, 0.3) is 0 Å².